The maximum atomic E-state index is 10.9. The molecule has 2 heteroatoms. The number of rotatable bonds is 4. The molecule has 2 nitrogen and oxygen atoms in total. The van der Waals surface area contributed by atoms with Gasteiger partial charge >= 0.3 is 0 Å². The molecule has 0 saturated carbocycles. The van der Waals surface area contributed by atoms with Crippen LogP contribution in [-0.2, 0) is 11.2 Å². The third-order valence-electron chi connectivity index (χ3n) is 1.89. The molecule has 0 radical (unpaired) electrons. The second kappa shape index (κ2) is 3.90. The lowest BCUT2D eigenvalue weighted by molar-refractivity contribution is -0.116. The number of carbonyl (C=O) groups is 1. The zero-order valence-electron chi connectivity index (χ0n) is 7.76. The Balaban J connectivity index is 3.07. The summed E-state index contributed by atoms with van der Waals surface area (Å²) in [4.78, 5) is 13.9. The predicted molar refractivity (Wildman–Crippen MR) is 55.4 cm³/mol. The summed E-state index contributed by atoms with van der Waals surface area (Å²) >= 11 is 0. The van der Waals surface area contributed by atoms with E-state index in [1.807, 2.05) is 6.20 Å². The number of carbonyl (C=O) groups excluding carboxylic acids is 1. The van der Waals surface area contributed by atoms with Crippen molar-refractivity contribution in [2.75, 3.05) is 0 Å². The molecular weight excluding hydrogens is 162 g/mol. The van der Waals surface area contributed by atoms with Crippen molar-refractivity contribution in [1.29, 1.82) is 0 Å². The first-order valence-electron chi connectivity index (χ1n) is 4.13. The summed E-state index contributed by atoms with van der Waals surface area (Å²) in [5.74, 6) is 0.151. The molecule has 1 aromatic rings. The molecule has 0 unspecified atom stereocenters. The molecular formula is C11H13NO. The van der Waals surface area contributed by atoms with E-state index in [4.69, 9.17) is 0 Å². The Bertz CT molecular complexity index is 347. The average Bonchev–Trinajstić information content (AvgIpc) is 2.45. The predicted octanol–water partition coefficient (Wildman–Crippen LogP) is 2.43. The maximum absolute atomic E-state index is 10.9. The molecule has 0 aliphatic carbocycles. The van der Waals surface area contributed by atoms with E-state index in [1.54, 1.807) is 19.1 Å². The van der Waals surface area contributed by atoms with E-state index < -0.39 is 0 Å². The molecule has 0 atom stereocenters. The van der Waals surface area contributed by atoms with Crippen molar-refractivity contribution >= 4 is 17.9 Å². The molecule has 68 valence electrons. The lowest BCUT2D eigenvalue weighted by Crippen LogP contribution is -1.96. The van der Waals surface area contributed by atoms with E-state index in [2.05, 4.69) is 18.1 Å². The van der Waals surface area contributed by atoms with Crippen molar-refractivity contribution in [2.45, 2.75) is 13.3 Å². The maximum Gasteiger partial charge on any atom is 0.134 e. The largest absolute Gasteiger partial charge is 0.361 e. The number of Topliss-reactive ketones (excluding diaryl/α,β-unsaturated/α-hetero) is 1. The second-order valence-corrected chi connectivity index (χ2v) is 2.93. The molecule has 1 heterocycles. The van der Waals surface area contributed by atoms with Crippen molar-refractivity contribution in [3.63, 3.8) is 0 Å². The zero-order valence-corrected chi connectivity index (χ0v) is 7.76. The number of ketones is 1. The summed E-state index contributed by atoms with van der Waals surface area (Å²) in [6, 6.07) is 0. The van der Waals surface area contributed by atoms with Crippen molar-refractivity contribution in [3.8, 4) is 0 Å². The van der Waals surface area contributed by atoms with Crippen LogP contribution in [0, 0.1) is 0 Å². The molecule has 0 fully saturated rings. The number of nitrogens with one attached hydrogen (secondary N) is 1. The Kier molecular flexibility index (Phi) is 2.85. The lowest BCUT2D eigenvalue weighted by Gasteiger charge is -1.96. The van der Waals surface area contributed by atoms with Crippen LogP contribution in [0.3, 0.4) is 0 Å². The minimum absolute atomic E-state index is 0.151. The van der Waals surface area contributed by atoms with Gasteiger partial charge < -0.3 is 4.98 Å². The van der Waals surface area contributed by atoms with Crippen LogP contribution < -0.4 is 0 Å². The third-order valence-corrected chi connectivity index (χ3v) is 1.89. The fourth-order valence-electron chi connectivity index (χ4n) is 1.32. The molecule has 0 aromatic carbocycles. The van der Waals surface area contributed by atoms with Gasteiger partial charge in [0.1, 0.15) is 5.78 Å². The van der Waals surface area contributed by atoms with Crippen molar-refractivity contribution in [1.82, 2.24) is 4.98 Å². The van der Waals surface area contributed by atoms with Gasteiger partial charge in [0.25, 0.3) is 0 Å². The SMILES string of the molecule is C=Cc1[nH]cc(CC(C)=O)c1C=C. The lowest BCUT2D eigenvalue weighted by atomic mass is 10.1. The Labute approximate surface area is 78.0 Å². The standard InChI is InChI=1S/C11H13NO/c1-4-10-9(6-8(3)13)7-12-11(10)5-2/h4-5,7,12H,1-2,6H2,3H3. The quantitative estimate of drug-likeness (QED) is 0.749. The van der Waals surface area contributed by atoms with Crippen LogP contribution in [0.2, 0.25) is 0 Å². The monoisotopic (exact) mass is 175 g/mol. The highest BCUT2D eigenvalue weighted by atomic mass is 16.1. The van der Waals surface area contributed by atoms with Gasteiger partial charge in [-0.05, 0) is 18.6 Å². The van der Waals surface area contributed by atoms with E-state index in [1.165, 1.54) is 0 Å². The van der Waals surface area contributed by atoms with Crippen LogP contribution in [0.25, 0.3) is 12.2 Å². The highest BCUT2D eigenvalue weighted by Gasteiger charge is 2.07. The summed E-state index contributed by atoms with van der Waals surface area (Å²) in [6.07, 6.45) is 5.74. The fourth-order valence-corrected chi connectivity index (χ4v) is 1.32. The van der Waals surface area contributed by atoms with Gasteiger partial charge in [-0.15, -0.1) is 0 Å². The van der Waals surface area contributed by atoms with Gasteiger partial charge in [0.05, 0.1) is 0 Å². The molecule has 0 aliphatic rings. The molecule has 0 bridgehead atoms. The molecule has 0 amide bonds. The molecule has 1 N–H and O–H groups in total. The fraction of sp³-hybridized carbons (Fsp3) is 0.182. The Morgan fingerprint density at radius 1 is 1.54 bits per heavy atom. The van der Waals surface area contributed by atoms with Crippen molar-refractivity contribution in [2.24, 2.45) is 0 Å². The van der Waals surface area contributed by atoms with Gasteiger partial charge in [0.2, 0.25) is 0 Å². The van der Waals surface area contributed by atoms with Crippen molar-refractivity contribution < 1.29 is 4.79 Å². The second-order valence-electron chi connectivity index (χ2n) is 2.93. The van der Waals surface area contributed by atoms with E-state index in [9.17, 15) is 4.79 Å². The van der Waals surface area contributed by atoms with Crippen LogP contribution in [0.4, 0.5) is 0 Å². The van der Waals surface area contributed by atoms with E-state index in [-0.39, 0.29) is 5.78 Å². The first-order valence-corrected chi connectivity index (χ1v) is 4.13. The summed E-state index contributed by atoms with van der Waals surface area (Å²) in [5, 5.41) is 0. The number of hydrogen-bond acceptors (Lipinski definition) is 1. The van der Waals surface area contributed by atoms with Gasteiger partial charge in [0.15, 0.2) is 0 Å². The number of H-pyrrole nitrogens is 1. The van der Waals surface area contributed by atoms with Gasteiger partial charge in [-0.1, -0.05) is 19.2 Å². The average molecular weight is 175 g/mol. The van der Waals surface area contributed by atoms with Crippen LogP contribution in [-0.4, -0.2) is 10.8 Å². The molecule has 1 rings (SSSR count). The first kappa shape index (κ1) is 9.52. The molecule has 1 aromatic heterocycles. The Morgan fingerprint density at radius 3 is 2.69 bits per heavy atom. The highest BCUT2D eigenvalue weighted by molar-refractivity contribution is 5.80. The smallest absolute Gasteiger partial charge is 0.134 e. The van der Waals surface area contributed by atoms with E-state index in [0.717, 1.165) is 16.8 Å². The summed E-state index contributed by atoms with van der Waals surface area (Å²) in [5.41, 5.74) is 2.88. The van der Waals surface area contributed by atoms with Crippen LogP contribution >= 0.6 is 0 Å². The van der Waals surface area contributed by atoms with Crippen LogP contribution in [0.1, 0.15) is 23.7 Å². The molecule has 0 aliphatic heterocycles. The minimum Gasteiger partial charge on any atom is -0.361 e. The normalized spacial score (nSPS) is 9.62. The highest BCUT2D eigenvalue weighted by Crippen LogP contribution is 2.17. The molecule has 0 spiro atoms. The number of aromatic nitrogens is 1. The Hall–Kier alpha value is -1.57. The number of aromatic amines is 1. The third kappa shape index (κ3) is 1.96. The van der Waals surface area contributed by atoms with Gasteiger partial charge in [-0.2, -0.15) is 0 Å². The number of hydrogen-bond donors (Lipinski definition) is 1. The van der Waals surface area contributed by atoms with Gasteiger partial charge in [-0.3, -0.25) is 4.79 Å². The van der Waals surface area contributed by atoms with Crippen molar-refractivity contribution in [3.05, 3.63) is 36.2 Å². The summed E-state index contributed by atoms with van der Waals surface area (Å²) in [6.45, 7) is 8.95. The van der Waals surface area contributed by atoms with E-state index >= 15 is 0 Å². The summed E-state index contributed by atoms with van der Waals surface area (Å²) < 4.78 is 0. The molecule has 0 saturated heterocycles. The Morgan fingerprint density at radius 2 is 2.23 bits per heavy atom. The van der Waals surface area contributed by atoms with Gasteiger partial charge in [0, 0.05) is 23.9 Å². The first-order chi connectivity index (χ1) is 6.19. The zero-order chi connectivity index (χ0) is 9.84. The molecule has 13 heavy (non-hydrogen) atoms. The van der Waals surface area contributed by atoms with E-state index in [0.29, 0.717) is 6.42 Å². The van der Waals surface area contributed by atoms with Crippen LogP contribution in [0.5, 0.6) is 0 Å². The van der Waals surface area contributed by atoms with Gasteiger partial charge in [-0.25, -0.2) is 0 Å². The topological polar surface area (TPSA) is 32.9 Å². The minimum atomic E-state index is 0.151. The van der Waals surface area contributed by atoms with Crippen LogP contribution in [0.15, 0.2) is 19.4 Å². The summed E-state index contributed by atoms with van der Waals surface area (Å²) in [7, 11) is 0.